The number of hydrogen-bond donors (Lipinski definition) is 2. The topological polar surface area (TPSA) is 69.2 Å². The van der Waals surface area contributed by atoms with Crippen molar-refractivity contribution in [2.45, 2.75) is 39.3 Å². The van der Waals surface area contributed by atoms with Crippen molar-refractivity contribution in [2.75, 3.05) is 52.5 Å². The number of hydrogen-bond acceptors (Lipinski definition) is 4. The van der Waals surface area contributed by atoms with E-state index in [1.54, 1.807) is 0 Å². The Balaban J connectivity index is 1.45. The number of likely N-dealkylation sites (tertiary alicyclic amines) is 1. The summed E-state index contributed by atoms with van der Waals surface area (Å²) < 4.78 is 5.43. The lowest BCUT2D eigenvalue weighted by molar-refractivity contribution is -0.127. The number of nitrogens with one attached hydrogen (secondary N) is 2. The molecule has 1 amide bonds. The second-order valence-corrected chi connectivity index (χ2v) is 7.67. The molecule has 7 heteroatoms. The van der Waals surface area contributed by atoms with Crippen LogP contribution in [0.15, 0.2) is 29.3 Å². The predicted octanol–water partition coefficient (Wildman–Crippen LogP) is 1.59. The Bertz CT molecular complexity index is 673. The van der Waals surface area contributed by atoms with Crippen molar-refractivity contribution in [3.8, 4) is 0 Å². The third-order valence-electron chi connectivity index (χ3n) is 5.33. The molecule has 2 saturated heterocycles. The first-order valence-corrected chi connectivity index (χ1v) is 10.9. The first kappa shape index (κ1) is 21.6. The Morgan fingerprint density at radius 1 is 1.17 bits per heavy atom. The minimum atomic E-state index is 0.294. The summed E-state index contributed by atoms with van der Waals surface area (Å²) in [6.07, 6.45) is 2.65. The van der Waals surface area contributed by atoms with Crippen LogP contribution < -0.4 is 10.6 Å². The lowest BCUT2D eigenvalue weighted by atomic mass is 10.1. The second kappa shape index (κ2) is 11.8. The van der Waals surface area contributed by atoms with Gasteiger partial charge in [0.15, 0.2) is 5.96 Å². The highest BCUT2D eigenvalue weighted by Gasteiger charge is 2.18. The number of nitrogens with zero attached hydrogens (tertiary/aromatic N) is 3. The van der Waals surface area contributed by atoms with Crippen LogP contribution >= 0.6 is 0 Å². The molecule has 2 aliphatic rings. The Hall–Kier alpha value is -2.12. The molecule has 29 heavy (non-hydrogen) atoms. The van der Waals surface area contributed by atoms with Crippen LogP contribution in [0.25, 0.3) is 0 Å². The van der Waals surface area contributed by atoms with Crippen LogP contribution in [0.1, 0.15) is 37.3 Å². The van der Waals surface area contributed by atoms with E-state index in [9.17, 15) is 4.79 Å². The zero-order chi connectivity index (χ0) is 20.3. The van der Waals surface area contributed by atoms with Crippen molar-refractivity contribution in [3.05, 3.63) is 35.4 Å². The van der Waals surface area contributed by atoms with Gasteiger partial charge >= 0.3 is 0 Å². The van der Waals surface area contributed by atoms with E-state index in [1.807, 2.05) is 4.90 Å². The second-order valence-electron chi connectivity index (χ2n) is 7.67. The van der Waals surface area contributed by atoms with Gasteiger partial charge in [-0.1, -0.05) is 24.3 Å². The Labute approximate surface area is 174 Å². The molecule has 0 radical (unpaired) electrons. The Morgan fingerprint density at radius 3 is 2.76 bits per heavy atom. The summed E-state index contributed by atoms with van der Waals surface area (Å²) in [6, 6.07) is 8.69. The number of guanidine groups is 1. The Kier molecular flexibility index (Phi) is 8.77. The molecule has 0 atom stereocenters. The maximum atomic E-state index is 11.7. The fraction of sp³-hybridized carbons (Fsp3) is 0.636. The molecule has 0 saturated carbocycles. The van der Waals surface area contributed by atoms with Gasteiger partial charge < -0.3 is 20.3 Å². The van der Waals surface area contributed by atoms with Crippen LogP contribution in [0, 0.1) is 0 Å². The van der Waals surface area contributed by atoms with Crippen LogP contribution in [0.3, 0.4) is 0 Å². The van der Waals surface area contributed by atoms with Crippen LogP contribution in [-0.4, -0.2) is 74.1 Å². The van der Waals surface area contributed by atoms with Gasteiger partial charge in [-0.2, -0.15) is 0 Å². The third kappa shape index (κ3) is 7.33. The molecule has 1 aromatic carbocycles. The zero-order valence-corrected chi connectivity index (χ0v) is 17.7. The van der Waals surface area contributed by atoms with E-state index in [0.29, 0.717) is 18.9 Å². The molecule has 7 nitrogen and oxygen atoms in total. The number of amides is 1. The highest BCUT2D eigenvalue weighted by atomic mass is 16.5. The lowest BCUT2D eigenvalue weighted by Gasteiger charge is -2.26. The first-order valence-electron chi connectivity index (χ1n) is 10.9. The fourth-order valence-electron chi connectivity index (χ4n) is 3.77. The van der Waals surface area contributed by atoms with Gasteiger partial charge in [0.05, 0.1) is 19.8 Å². The van der Waals surface area contributed by atoms with E-state index in [2.05, 4.69) is 46.7 Å². The molecule has 0 spiro atoms. The molecule has 2 fully saturated rings. The summed E-state index contributed by atoms with van der Waals surface area (Å²) in [4.78, 5) is 20.8. The molecule has 3 rings (SSSR count). The number of morpholine rings is 1. The van der Waals surface area contributed by atoms with E-state index in [4.69, 9.17) is 9.73 Å². The van der Waals surface area contributed by atoms with Crippen molar-refractivity contribution in [1.82, 2.24) is 20.4 Å². The van der Waals surface area contributed by atoms with E-state index in [0.717, 1.165) is 77.8 Å². The average molecular weight is 402 g/mol. The molecule has 0 bridgehead atoms. The van der Waals surface area contributed by atoms with Crippen LogP contribution in [-0.2, 0) is 22.6 Å². The summed E-state index contributed by atoms with van der Waals surface area (Å²) in [5.74, 6) is 1.13. The highest BCUT2D eigenvalue weighted by molar-refractivity contribution is 5.79. The van der Waals surface area contributed by atoms with E-state index >= 15 is 0 Å². The first-order chi connectivity index (χ1) is 14.2. The van der Waals surface area contributed by atoms with Crippen molar-refractivity contribution >= 4 is 11.9 Å². The molecule has 1 aromatic rings. The monoisotopic (exact) mass is 401 g/mol. The predicted molar refractivity (Wildman–Crippen MR) is 116 cm³/mol. The van der Waals surface area contributed by atoms with Gasteiger partial charge in [-0.3, -0.25) is 9.69 Å². The molecule has 160 valence electrons. The van der Waals surface area contributed by atoms with Gasteiger partial charge in [0, 0.05) is 52.2 Å². The number of aliphatic imine (C=N–C) groups is 1. The maximum absolute atomic E-state index is 11.7. The van der Waals surface area contributed by atoms with Crippen molar-refractivity contribution in [2.24, 2.45) is 4.99 Å². The van der Waals surface area contributed by atoms with Crippen molar-refractivity contribution in [3.63, 3.8) is 0 Å². The number of benzene rings is 1. The van der Waals surface area contributed by atoms with Crippen LogP contribution in [0.2, 0.25) is 0 Å². The van der Waals surface area contributed by atoms with Crippen LogP contribution in [0.5, 0.6) is 0 Å². The summed E-state index contributed by atoms with van der Waals surface area (Å²) >= 11 is 0. The SMILES string of the molecule is CCNC(=NCc1cccc(CN2CCOCC2)c1)NCCCN1CCCC1=O. The quantitative estimate of drug-likeness (QED) is 0.374. The average Bonchev–Trinajstić information content (AvgIpc) is 3.15. The number of rotatable bonds is 9. The normalized spacial score (nSPS) is 18.3. The van der Waals surface area contributed by atoms with Gasteiger partial charge in [0.25, 0.3) is 0 Å². The van der Waals surface area contributed by atoms with E-state index < -0.39 is 0 Å². The molecule has 0 unspecified atom stereocenters. The molecular weight excluding hydrogens is 366 g/mol. The molecule has 0 aliphatic carbocycles. The van der Waals surface area contributed by atoms with Crippen molar-refractivity contribution in [1.29, 1.82) is 0 Å². The van der Waals surface area contributed by atoms with E-state index in [-0.39, 0.29) is 0 Å². The molecule has 2 N–H and O–H groups in total. The molecule has 0 aromatic heterocycles. The zero-order valence-electron chi connectivity index (χ0n) is 17.7. The summed E-state index contributed by atoms with van der Waals surface area (Å²) in [5, 5.41) is 6.70. The number of carbonyl (C=O) groups excluding carboxylic acids is 1. The van der Waals surface area contributed by atoms with Gasteiger partial charge in [0.1, 0.15) is 0 Å². The smallest absolute Gasteiger partial charge is 0.222 e. The summed E-state index contributed by atoms with van der Waals surface area (Å²) in [5.41, 5.74) is 2.54. The number of carbonyl (C=O) groups is 1. The van der Waals surface area contributed by atoms with Crippen molar-refractivity contribution < 1.29 is 9.53 Å². The van der Waals surface area contributed by atoms with Crippen LogP contribution in [0.4, 0.5) is 0 Å². The van der Waals surface area contributed by atoms with E-state index in [1.165, 1.54) is 11.1 Å². The number of ether oxygens (including phenoxy) is 1. The fourth-order valence-corrected chi connectivity index (χ4v) is 3.77. The molecule has 2 heterocycles. The van der Waals surface area contributed by atoms with Gasteiger partial charge in [-0.15, -0.1) is 0 Å². The van der Waals surface area contributed by atoms with Gasteiger partial charge in [-0.05, 0) is 30.9 Å². The molecular formula is C22H35N5O2. The highest BCUT2D eigenvalue weighted by Crippen LogP contribution is 2.11. The Morgan fingerprint density at radius 2 is 2.00 bits per heavy atom. The largest absolute Gasteiger partial charge is 0.379 e. The van der Waals surface area contributed by atoms with Gasteiger partial charge in [0.2, 0.25) is 5.91 Å². The minimum absolute atomic E-state index is 0.294. The standard InChI is InChI=1S/C22H35N5O2/c1-2-23-22(24-9-5-11-27-10-4-8-21(27)28)25-17-19-6-3-7-20(16-19)18-26-12-14-29-15-13-26/h3,6-7,16H,2,4-5,8-15,17-18H2,1H3,(H2,23,24,25). The summed E-state index contributed by atoms with van der Waals surface area (Å²) in [6.45, 7) is 10.7. The maximum Gasteiger partial charge on any atom is 0.222 e. The minimum Gasteiger partial charge on any atom is -0.379 e. The van der Waals surface area contributed by atoms with Gasteiger partial charge in [-0.25, -0.2) is 4.99 Å². The summed E-state index contributed by atoms with van der Waals surface area (Å²) in [7, 11) is 0. The lowest BCUT2D eigenvalue weighted by Crippen LogP contribution is -2.39. The third-order valence-corrected chi connectivity index (χ3v) is 5.33. The molecule has 2 aliphatic heterocycles.